The number of carbonyl (C=O) groups is 1. The normalized spacial score (nSPS) is 15.7. The predicted molar refractivity (Wildman–Crippen MR) is 99.8 cm³/mol. The molecule has 1 heteroatoms. The van der Waals surface area contributed by atoms with Gasteiger partial charge in [-0.05, 0) is 40.3 Å². The number of rotatable bonds is 3. The van der Waals surface area contributed by atoms with Crippen LogP contribution in [0.2, 0.25) is 0 Å². The molecular formula is C23H18O. The fourth-order valence-corrected chi connectivity index (χ4v) is 3.61. The summed E-state index contributed by atoms with van der Waals surface area (Å²) in [6.07, 6.45) is 3.20. The molecule has 0 aromatic heterocycles. The molecule has 0 N–H and O–H groups in total. The molecule has 0 bridgehead atoms. The highest BCUT2D eigenvalue weighted by Gasteiger charge is 2.27. The Bertz CT molecular complexity index is 921. The Hall–Kier alpha value is -2.93. The molecule has 0 radical (unpaired) electrons. The van der Waals surface area contributed by atoms with Crippen LogP contribution in [0.4, 0.5) is 0 Å². The fraction of sp³-hybridized carbons (Fsp3) is 0.0870. The maximum atomic E-state index is 11.8. The molecule has 0 saturated heterocycles. The van der Waals surface area contributed by atoms with Gasteiger partial charge in [-0.2, -0.15) is 0 Å². The van der Waals surface area contributed by atoms with Crippen LogP contribution in [-0.4, -0.2) is 6.29 Å². The summed E-state index contributed by atoms with van der Waals surface area (Å²) in [7, 11) is 0. The summed E-state index contributed by atoms with van der Waals surface area (Å²) < 4.78 is 0. The minimum atomic E-state index is -0.154. The van der Waals surface area contributed by atoms with E-state index in [2.05, 4.69) is 66.7 Å². The lowest BCUT2D eigenvalue weighted by Gasteiger charge is -2.18. The van der Waals surface area contributed by atoms with E-state index < -0.39 is 0 Å². The molecule has 0 heterocycles. The molecule has 1 aliphatic rings. The lowest BCUT2D eigenvalue weighted by molar-refractivity contribution is -0.108. The van der Waals surface area contributed by atoms with E-state index in [1.807, 2.05) is 19.1 Å². The van der Waals surface area contributed by atoms with Gasteiger partial charge in [-0.25, -0.2) is 0 Å². The van der Waals surface area contributed by atoms with Crippen LogP contribution in [0.1, 0.15) is 24.0 Å². The molecule has 1 unspecified atom stereocenters. The molecular weight excluding hydrogens is 292 g/mol. The van der Waals surface area contributed by atoms with Gasteiger partial charge < -0.3 is 4.79 Å². The first-order valence-electron chi connectivity index (χ1n) is 8.21. The van der Waals surface area contributed by atoms with Gasteiger partial charge in [0, 0.05) is 0 Å². The second-order valence-corrected chi connectivity index (χ2v) is 6.23. The van der Waals surface area contributed by atoms with Crippen molar-refractivity contribution in [3.05, 3.63) is 89.5 Å². The van der Waals surface area contributed by atoms with Crippen LogP contribution in [0.3, 0.4) is 0 Å². The van der Waals surface area contributed by atoms with E-state index in [1.165, 1.54) is 16.7 Å². The van der Waals surface area contributed by atoms with Gasteiger partial charge in [0.15, 0.2) is 0 Å². The van der Waals surface area contributed by atoms with Gasteiger partial charge >= 0.3 is 0 Å². The third-order valence-corrected chi connectivity index (χ3v) is 4.75. The molecule has 0 saturated carbocycles. The van der Waals surface area contributed by atoms with Crippen LogP contribution in [-0.2, 0) is 4.79 Å². The SMILES string of the molecule is CC1=Cc2ccc(-c3ccccc3)c(-c3ccccc3)c2C1C=O. The standard InChI is InChI=1S/C23H18O/c1-16-14-19-12-13-20(17-8-4-2-5-9-17)22(23(19)21(16)15-24)18-10-6-3-7-11-18/h2-15,21H,1H3. The van der Waals surface area contributed by atoms with Crippen molar-refractivity contribution in [1.29, 1.82) is 0 Å². The number of benzene rings is 3. The smallest absolute Gasteiger partial charge is 0.131 e. The van der Waals surface area contributed by atoms with E-state index in [0.29, 0.717) is 0 Å². The van der Waals surface area contributed by atoms with E-state index in [9.17, 15) is 4.79 Å². The molecule has 0 spiro atoms. The minimum absolute atomic E-state index is 0.154. The molecule has 1 atom stereocenters. The maximum absolute atomic E-state index is 11.8. The van der Waals surface area contributed by atoms with E-state index in [4.69, 9.17) is 0 Å². The van der Waals surface area contributed by atoms with Crippen molar-refractivity contribution in [3.8, 4) is 22.3 Å². The largest absolute Gasteiger partial charge is 0.302 e. The van der Waals surface area contributed by atoms with Gasteiger partial charge in [0.1, 0.15) is 6.29 Å². The molecule has 24 heavy (non-hydrogen) atoms. The summed E-state index contributed by atoms with van der Waals surface area (Å²) >= 11 is 0. The van der Waals surface area contributed by atoms with Gasteiger partial charge in [-0.1, -0.05) is 84.4 Å². The van der Waals surface area contributed by atoms with Crippen molar-refractivity contribution in [2.45, 2.75) is 12.8 Å². The second-order valence-electron chi connectivity index (χ2n) is 6.23. The maximum Gasteiger partial charge on any atom is 0.131 e. The Morgan fingerprint density at radius 3 is 2.04 bits per heavy atom. The van der Waals surface area contributed by atoms with Crippen LogP contribution in [0, 0.1) is 0 Å². The number of aldehydes is 1. The van der Waals surface area contributed by atoms with Crippen LogP contribution >= 0.6 is 0 Å². The van der Waals surface area contributed by atoms with Crippen LogP contribution in [0.25, 0.3) is 28.3 Å². The highest BCUT2D eigenvalue weighted by atomic mass is 16.1. The summed E-state index contributed by atoms with van der Waals surface area (Å²) in [6.45, 7) is 2.04. The zero-order valence-electron chi connectivity index (χ0n) is 13.6. The first kappa shape index (κ1) is 14.6. The summed E-state index contributed by atoms with van der Waals surface area (Å²) in [5, 5.41) is 0. The molecule has 0 amide bonds. The van der Waals surface area contributed by atoms with Crippen molar-refractivity contribution in [1.82, 2.24) is 0 Å². The molecule has 0 fully saturated rings. The Kier molecular flexibility index (Phi) is 3.62. The van der Waals surface area contributed by atoms with Gasteiger partial charge in [-0.3, -0.25) is 0 Å². The Morgan fingerprint density at radius 2 is 1.42 bits per heavy atom. The lowest BCUT2D eigenvalue weighted by atomic mass is 9.84. The number of fused-ring (bicyclic) bond motifs is 1. The molecule has 1 nitrogen and oxygen atoms in total. The topological polar surface area (TPSA) is 17.1 Å². The monoisotopic (exact) mass is 310 g/mol. The van der Waals surface area contributed by atoms with Crippen molar-refractivity contribution in [2.24, 2.45) is 0 Å². The summed E-state index contributed by atoms with van der Waals surface area (Å²) in [6, 6.07) is 25.1. The van der Waals surface area contributed by atoms with E-state index in [-0.39, 0.29) is 5.92 Å². The third kappa shape index (κ3) is 2.30. The molecule has 116 valence electrons. The average Bonchev–Trinajstić information content (AvgIpc) is 2.97. The highest BCUT2D eigenvalue weighted by molar-refractivity contribution is 5.94. The summed E-state index contributed by atoms with van der Waals surface area (Å²) in [4.78, 5) is 11.8. The number of allylic oxidation sites excluding steroid dienone is 1. The zero-order valence-corrected chi connectivity index (χ0v) is 13.6. The predicted octanol–water partition coefficient (Wildman–Crippen LogP) is 5.72. The second kappa shape index (κ2) is 5.93. The van der Waals surface area contributed by atoms with E-state index in [0.717, 1.165) is 28.5 Å². The van der Waals surface area contributed by atoms with Crippen molar-refractivity contribution in [3.63, 3.8) is 0 Å². The number of hydrogen-bond acceptors (Lipinski definition) is 1. The highest BCUT2D eigenvalue weighted by Crippen LogP contribution is 2.45. The van der Waals surface area contributed by atoms with E-state index >= 15 is 0 Å². The third-order valence-electron chi connectivity index (χ3n) is 4.75. The quantitative estimate of drug-likeness (QED) is 0.565. The summed E-state index contributed by atoms with van der Waals surface area (Å²) in [5.74, 6) is -0.154. The molecule has 1 aliphatic carbocycles. The lowest BCUT2D eigenvalue weighted by Crippen LogP contribution is -2.02. The molecule has 3 aromatic rings. The molecule has 4 rings (SSSR count). The Balaban J connectivity index is 2.05. The molecule has 3 aromatic carbocycles. The first-order valence-corrected chi connectivity index (χ1v) is 8.21. The van der Waals surface area contributed by atoms with Crippen LogP contribution in [0.15, 0.2) is 78.4 Å². The van der Waals surface area contributed by atoms with Gasteiger partial charge in [0.05, 0.1) is 5.92 Å². The van der Waals surface area contributed by atoms with Crippen molar-refractivity contribution in [2.75, 3.05) is 0 Å². The van der Waals surface area contributed by atoms with Crippen LogP contribution in [0.5, 0.6) is 0 Å². The number of hydrogen-bond donors (Lipinski definition) is 0. The summed E-state index contributed by atoms with van der Waals surface area (Å²) in [5.41, 5.74) is 8.08. The van der Waals surface area contributed by atoms with Gasteiger partial charge in [-0.15, -0.1) is 0 Å². The van der Waals surface area contributed by atoms with Gasteiger partial charge in [0.2, 0.25) is 0 Å². The van der Waals surface area contributed by atoms with Crippen molar-refractivity contribution >= 4 is 12.4 Å². The minimum Gasteiger partial charge on any atom is -0.302 e. The fourth-order valence-electron chi connectivity index (χ4n) is 3.61. The first-order chi connectivity index (χ1) is 11.8. The van der Waals surface area contributed by atoms with Gasteiger partial charge in [0.25, 0.3) is 0 Å². The zero-order chi connectivity index (χ0) is 16.5. The average molecular weight is 310 g/mol. The van der Waals surface area contributed by atoms with E-state index in [1.54, 1.807) is 0 Å². The Labute approximate surface area is 142 Å². The van der Waals surface area contributed by atoms with Crippen molar-refractivity contribution < 1.29 is 4.79 Å². The number of carbonyl (C=O) groups excluding carboxylic acids is 1. The Morgan fingerprint density at radius 1 is 0.792 bits per heavy atom. The van der Waals surface area contributed by atoms with Crippen LogP contribution < -0.4 is 0 Å². The molecule has 0 aliphatic heterocycles.